The summed E-state index contributed by atoms with van der Waals surface area (Å²) < 4.78 is 21.7. The zero-order valence-corrected chi connectivity index (χ0v) is 29.6. The average molecular weight is 673 g/mol. The standard InChI is InChI=1S/C25H34N2O4.C13H14N2O3/c1-7-25(3,4)27-14-12-26(13-15-27)24(28)19-8-10-21(18(2)16-19)31-20-9-11-22(29-5)23(17-20)30-6;1-18-12-5-9-10(6-11(12)16)14-7-8-3-2-4-15(8)13(9)17/h8-11,16-17H,7,12-15H2,1-6H3;5-8,16H,2-4H2,1H3. The highest BCUT2D eigenvalue weighted by Gasteiger charge is 2.33. The van der Waals surface area contributed by atoms with Gasteiger partial charge in [-0.1, -0.05) is 6.92 Å². The fourth-order valence-corrected chi connectivity index (χ4v) is 6.34. The number of aryl methyl sites for hydroxylation is 1. The molecule has 262 valence electrons. The van der Waals surface area contributed by atoms with Gasteiger partial charge in [0.2, 0.25) is 0 Å². The van der Waals surface area contributed by atoms with Crippen molar-refractivity contribution in [2.24, 2.45) is 4.99 Å². The first kappa shape index (κ1) is 35.5. The van der Waals surface area contributed by atoms with E-state index in [4.69, 9.17) is 18.9 Å². The van der Waals surface area contributed by atoms with Crippen LogP contribution in [-0.4, -0.2) is 103 Å². The number of amides is 2. The number of phenols is 1. The van der Waals surface area contributed by atoms with Crippen molar-refractivity contribution in [2.75, 3.05) is 54.1 Å². The normalized spacial score (nSPS) is 17.4. The maximum atomic E-state index is 13.0. The molecule has 1 unspecified atom stereocenters. The molecule has 2 saturated heterocycles. The van der Waals surface area contributed by atoms with E-state index in [0.29, 0.717) is 45.6 Å². The van der Waals surface area contributed by atoms with E-state index in [9.17, 15) is 14.7 Å². The number of nitrogens with zero attached hydrogens (tertiary/aromatic N) is 4. The summed E-state index contributed by atoms with van der Waals surface area (Å²) in [5, 5.41) is 9.72. The lowest BCUT2D eigenvalue weighted by Crippen LogP contribution is -2.55. The van der Waals surface area contributed by atoms with Crippen LogP contribution < -0.4 is 18.9 Å². The zero-order valence-electron chi connectivity index (χ0n) is 29.6. The second-order valence-electron chi connectivity index (χ2n) is 13.1. The van der Waals surface area contributed by atoms with Crippen molar-refractivity contribution >= 4 is 23.7 Å². The Kier molecular flexibility index (Phi) is 11.0. The number of carbonyl (C=O) groups excluding carboxylic acids is 2. The molecule has 3 heterocycles. The maximum absolute atomic E-state index is 13.0. The number of piperazine rings is 1. The Balaban J connectivity index is 0.000000219. The molecule has 0 spiro atoms. The number of benzene rings is 3. The lowest BCUT2D eigenvalue weighted by Gasteiger charge is -2.43. The number of hydrogen-bond acceptors (Lipinski definition) is 9. The van der Waals surface area contributed by atoms with Crippen molar-refractivity contribution in [1.82, 2.24) is 14.7 Å². The maximum Gasteiger partial charge on any atom is 0.256 e. The molecule has 49 heavy (non-hydrogen) atoms. The predicted octanol–water partition coefficient (Wildman–Crippen LogP) is 6.47. The SMILES string of the molecule is CCC(C)(C)N1CCN(C(=O)c2ccc(Oc3ccc(OC)c(OC)c3)c(C)c2)CC1.COc1cc2c(cc1O)N=CC1CCCN1C2=O. The number of phenolic OH excluding ortho intramolecular Hbond substituents is 1. The average Bonchev–Trinajstić information content (AvgIpc) is 3.55. The molecule has 0 saturated carbocycles. The zero-order chi connectivity index (χ0) is 35.3. The van der Waals surface area contributed by atoms with Crippen molar-refractivity contribution in [3.05, 3.63) is 65.2 Å². The Morgan fingerprint density at radius 3 is 2.24 bits per heavy atom. The summed E-state index contributed by atoms with van der Waals surface area (Å²) in [6, 6.07) is 14.1. The van der Waals surface area contributed by atoms with E-state index in [1.807, 2.05) is 41.0 Å². The number of hydrogen-bond donors (Lipinski definition) is 1. The van der Waals surface area contributed by atoms with E-state index in [1.165, 1.54) is 13.2 Å². The van der Waals surface area contributed by atoms with Crippen LogP contribution in [-0.2, 0) is 0 Å². The molecule has 0 radical (unpaired) electrons. The van der Waals surface area contributed by atoms with Crippen LogP contribution in [0.25, 0.3) is 0 Å². The highest BCUT2D eigenvalue weighted by Crippen LogP contribution is 2.37. The summed E-state index contributed by atoms with van der Waals surface area (Å²) in [4.78, 5) is 36.0. The second kappa shape index (κ2) is 15.2. The molecule has 0 bridgehead atoms. The monoisotopic (exact) mass is 672 g/mol. The Morgan fingerprint density at radius 2 is 1.59 bits per heavy atom. The van der Waals surface area contributed by atoms with Crippen molar-refractivity contribution in [2.45, 2.75) is 58.5 Å². The third kappa shape index (κ3) is 7.77. The summed E-state index contributed by atoms with van der Waals surface area (Å²) in [5.41, 5.74) is 2.78. The Bertz CT molecular complexity index is 1700. The van der Waals surface area contributed by atoms with Crippen LogP contribution >= 0.6 is 0 Å². The fraction of sp³-hybridized carbons (Fsp3) is 0.447. The summed E-state index contributed by atoms with van der Waals surface area (Å²) in [7, 11) is 4.66. The molecular formula is C38H48N4O7. The highest BCUT2D eigenvalue weighted by atomic mass is 16.5. The van der Waals surface area contributed by atoms with Crippen LogP contribution in [0.2, 0.25) is 0 Å². The number of carbonyl (C=O) groups is 2. The van der Waals surface area contributed by atoms with Gasteiger partial charge in [-0.2, -0.15) is 0 Å². The lowest BCUT2D eigenvalue weighted by molar-refractivity contribution is 0.0390. The predicted molar refractivity (Wildman–Crippen MR) is 190 cm³/mol. The quantitative estimate of drug-likeness (QED) is 0.290. The highest BCUT2D eigenvalue weighted by molar-refractivity contribution is 6.03. The molecule has 1 N–H and O–H groups in total. The minimum Gasteiger partial charge on any atom is -0.504 e. The minimum absolute atomic E-state index is 0.00302. The van der Waals surface area contributed by atoms with Gasteiger partial charge in [0, 0.05) is 62.2 Å². The van der Waals surface area contributed by atoms with Crippen LogP contribution in [0, 0.1) is 6.92 Å². The molecule has 0 aromatic heterocycles. The molecular weight excluding hydrogens is 624 g/mol. The first-order valence-corrected chi connectivity index (χ1v) is 16.8. The molecule has 0 aliphatic carbocycles. The summed E-state index contributed by atoms with van der Waals surface area (Å²) >= 11 is 0. The molecule has 11 nitrogen and oxygen atoms in total. The van der Waals surface area contributed by atoms with Gasteiger partial charge in [-0.15, -0.1) is 0 Å². The third-order valence-corrected chi connectivity index (χ3v) is 9.77. The van der Waals surface area contributed by atoms with Gasteiger partial charge in [0.05, 0.1) is 38.6 Å². The van der Waals surface area contributed by atoms with Gasteiger partial charge in [-0.25, -0.2) is 0 Å². The van der Waals surface area contributed by atoms with Gasteiger partial charge >= 0.3 is 0 Å². The molecule has 1 atom stereocenters. The first-order valence-electron chi connectivity index (χ1n) is 16.8. The van der Waals surface area contributed by atoms with Crippen LogP contribution in [0.4, 0.5) is 5.69 Å². The van der Waals surface area contributed by atoms with Crippen molar-refractivity contribution in [1.29, 1.82) is 0 Å². The number of rotatable bonds is 8. The van der Waals surface area contributed by atoms with Gasteiger partial charge in [0.25, 0.3) is 11.8 Å². The first-order chi connectivity index (χ1) is 23.5. The van der Waals surface area contributed by atoms with Crippen LogP contribution in [0.1, 0.15) is 66.3 Å². The number of fused-ring (bicyclic) bond motifs is 2. The van der Waals surface area contributed by atoms with Crippen molar-refractivity contribution in [3.8, 4) is 34.5 Å². The van der Waals surface area contributed by atoms with Gasteiger partial charge in [-0.05, 0) is 82.0 Å². The molecule has 3 aromatic rings. The number of aliphatic imine (C=N–C) groups is 1. The Morgan fingerprint density at radius 1 is 0.898 bits per heavy atom. The van der Waals surface area contributed by atoms with Gasteiger partial charge in [0.1, 0.15) is 11.5 Å². The van der Waals surface area contributed by atoms with Gasteiger partial charge < -0.3 is 33.9 Å². The molecule has 3 aliphatic rings. The topological polar surface area (TPSA) is 113 Å². The van der Waals surface area contributed by atoms with Crippen molar-refractivity contribution < 1.29 is 33.6 Å². The number of aromatic hydroxyl groups is 1. The van der Waals surface area contributed by atoms with E-state index >= 15 is 0 Å². The molecule has 6 rings (SSSR count). The summed E-state index contributed by atoms with van der Waals surface area (Å²) in [6.45, 7) is 12.8. The van der Waals surface area contributed by atoms with Gasteiger partial charge in [0.15, 0.2) is 23.0 Å². The number of methoxy groups -OCH3 is 3. The van der Waals surface area contributed by atoms with E-state index in [0.717, 1.165) is 57.5 Å². The van der Waals surface area contributed by atoms with Crippen molar-refractivity contribution in [3.63, 3.8) is 0 Å². The Labute approximate surface area is 289 Å². The fourth-order valence-electron chi connectivity index (χ4n) is 6.34. The minimum atomic E-state index is -0.0386. The summed E-state index contributed by atoms with van der Waals surface area (Å²) in [5.74, 6) is 2.95. The molecule has 3 aliphatic heterocycles. The molecule has 11 heteroatoms. The largest absolute Gasteiger partial charge is 0.504 e. The third-order valence-electron chi connectivity index (χ3n) is 9.77. The van der Waals surface area contributed by atoms with E-state index in [1.54, 1.807) is 38.6 Å². The lowest BCUT2D eigenvalue weighted by atomic mass is 9.98. The van der Waals surface area contributed by atoms with Crippen LogP contribution in [0.5, 0.6) is 34.5 Å². The Hall–Kier alpha value is -4.77. The van der Waals surface area contributed by atoms with Crippen LogP contribution in [0.15, 0.2) is 53.5 Å². The van der Waals surface area contributed by atoms with Gasteiger partial charge in [-0.3, -0.25) is 19.5 Å². The molecule has 2 amide bonds. The van der Waals surface area contributed by atoms with E-state index < -0.39 is 0 Å². The summed E-state index contributed by atoms with van der Waals surface area (Å²) in [6.07, 6.45) is 4.85. The smallest absolute Gasteiger partial charge is 0.256 e. The molecule has 3 aromatic carbocycles. The second-order valence-corrected chi connectivity index (χ2v) is 13.1. The van der Waals surface area contributed by atoms with E-state index in [-0.39, 0.29) is 29.1 Å². The molecule has 2 fully saturated rings. The number of ether oxygens (including phenoxy) is 4. The van der Waals surface area contributed by atoms with Crippen LogP contribution in [0.3, 0.4) is 0 Å². The van der Waals surface area contributed by atoms with E-state index in [2.05, 4.69) is 30.7 Å².